The predicted molar refractivity (Wildman–Crippen MR) is 106 cm³/mol. The molecular weight excluding hydrogens is 374 g/mol. The second-order valence-electron chi connectivity index (χ2n) is 7.23. The van der Waals surface area contributed by atoms with Crippen molar-refractivity contribution in [2.24, 2.45) is 0 Å². The summed E-state index contributed by atoms with van der Waals surface area (Å²) in [5.41, 5.74) is 4.53. The van der Waals surface area contributed by atoms with Crippen LogP contribution in [0, 0.1) is 0 Å². The van der Waals surface area contributed by atoms with Gasteiger partial charge in [-0.15, -0.1) is 11.3 Å². The summed E-state index contributed by atoms with van der Waals surface area (Å²) in [7, 11) is 2.16. The van der Waals surface area contributed by atoms with Gasteiger partial charge in [0.05, 0.1) is 43.4 Å². The SMILES string of the molecule is C[NH+]1CC[C@H](NC(=O)c2cc(-c3cnn4cc(-c5cn[nH]c5)cnc34)cs2)C1. The van der Waals surface area contributed by atoms with Crippen LogP contribution in [0.2, 0.25) is 0 Å². The van der Waals surface area contributed by atoms with E-state index in [1.54, 1.807) is 16.9 Å². The van der Waals surface area contributed by atoms with Crippen molar-refractivity contribution in [3.8, 4) is 22.3 Å². The molecule has 8 nitrogen and oxygen atoms in total. The lowest BCUT2D eigenvalue weighted by atomic mass is 10.1. The second-order valence-corrected chi connectivity index (χ2v) is 8.14. The van der Waals surface area contributed by atoms with Crippen molar-refractivity contribution in [2.75, 3.05) is 20.1 Å². The van der Waals surface area contributed by atoms with E-state index in [1.165, 1.54) is 16.2 Å². The lowest BCUT2D eigenvalue weighted by molar-refractivity contribution is -0.866. The van der Waals surface area contributed by atoms with Crippen molar-refractivity contribution in [3.63, 3.8) is 0 Å². The topological polar surface area (TPSA) is 92.4 Å². The molecule has 9 heteroatoms. The maximum Gasteiger partial charge on any atom is 0.261 e. The minimum atomic E-state index is 0.00243. The number of quaternary nitrogens is 1. The summed E-state index contributed by atoms with van der Waals surface area (Å²) in [4.78, 5) is 19.3. The van der Waals surface area contributed by atoms with E-state index in [9.17, 15) is 4.79 Å². The first-order valence-corrected chi connectivity index (χ1v) is 10.1. The number of nitrogens with one attached hydrogen (secondary N) is 3. The van der Waals surface area contributed by atoms with E-state index < -0.39 is 0 Å². The normalized spacial score (nSPS) is 19.3. The fraction of sp³-hybridized carbons (Fsp3) is 0.263. The van der Waals surface area contributed by atoms with Crippen LogP contribution < -0.4 is 10.2 Å². The summed E-state index contributed by atoms with van der Waals surface area (Å²) in [6, 6.07) is 2.19. The number of amides is 1. The Morgan fingerprint density at radius 1 is 1.32 bits per heavy atom. The third-order valence-corrected chi connectivity index (χ3v) is 6.10. The second kappa shape index (κ2) is 6.84. The van der Waals surface area contributed by atoms with E-state index in [-0.39, 0.29) is 11.9 Å². The van der Waals surface area contributed by atoms with E-state index in [2.05, 4.69) is 32.6 Å². The molecular formula is C19H20N7OS+. The molecule has 1 fully saturated rings. The molecule has 4 aromatic rings. The summed E-state index contributed by atoms with van der Waals surface area (Å²) >= 11 is 1.45. The zero-order valence-electron chi connectivity index (χ0n) is 15.3. The number of thiophene rings is 1. The Morgan fingerprint density at radius 2 is 2.25 bits per heavy atom. The first-order valence-electron chi connectivity index (χ1n) is 9.21. The van der Waals surface area contributed by atoms with Crippen LogP contribution in [0.25, 0.3) is 27.9 Å². The third-order valence-electron chi connectivity index (χ3n) is 5.17. The van der Waals surface area contributed by atoms with E-state index in [4.69, 9.17) is 0 Å². The molecule has 28 heavy (non-hydrogen) atoms. The van der Waals surface area contributed by atoms with Crippen LogP contribution in [-0.4, -0.2) is 56.9 Å². The number of carbonyl (C=O) groups is 1. The van der Waals surface area contributed by atoms with E-state index in [0.29, 0.717) is 4.88 Å². The maximum absolute atomic E-state index is 12.6. The average Bonchev–Trinajstić information content (AvgIpc) is 3.47. The summed E-state index contributed by atoms with van der Waals surface area (Å²) in [5.74, 6) is 0.00243. The van der Waals surface area contributed by atoms with Crippen LogP contribution in [0.15, 0.2) is 42.4 Å². The number of likely N-dealkylation sites (tertiary alicyclic amines) is 1. The number of likely N-dealkylation sites (N-methyl/N-ethyl adjacent to an activating group) is 1. The Labute approximate surface area is 165 Å². The van der Waals surface area contributed by atoms with Crippen molar-refractivity contribution < 1.29 is 9.69 Å². The number of rotatable bonds is 4. The van der Waals surface area contributed by atoms with Crippen molar-refractivity contribution in [1.82, 2.24) is 30.1 Å². The highest BCUT2D eigenvalue weighted by atomic mass is 32.1. The Bertz CT molecular complexity index is 1130. The lowest BCUT2D eigenvalue weighted by Crippen LogP contribution is -3.07. The highest BCUT2D eigenvalue weighted by molar-refractivity contribution is 7.12. The molecule has 1 saturated heterocycles. The molecule has 2 atom stereocenters. The Kier molecular flexibility index (Phi) is 4.18. The molecule has 0 radical (unpaired) electrons. The van der Waals surface area contributed by atoms with Gasteiger partial charge in [-0.25, -0.2) is 9.50 Å². The molecule has 0 spiro atoms. The predicted octanol–water partition coefficient (Wildman–Crippen LogP) is 0.865. The van der Waals surface area contributed by atoms with Gasteiger partial charge >= 0.3 is 0 Å². The summed E-state index contributed by atoms with van der Waals surface area (Å²) < 4.78 is 1.76. The monoisotopic (exact) mass is 394 g/mol. The minimum Gasteiger partial charge on any atom is -0.343 e. The number of H-pyrrole nitrogens is 1. The quantitative estimate of drug-likeness (QED) is 0.479. The van der Waals surface area contributed by atoms with Gasteiger partial charge in [0.25, 0.3) is 5.91 Å². The van der Waals surface area contributed by atoms with Crippen LogP contribution in [0.4, 0.5) is 0 Å². The number of hydrogen-bond donors (Lipinski definition) is 3. The molecule has 0 bridgehead atoms. The van der Waals surface area contributed by atoms with Crippen LogP contribution in [0.1, 0.15) is 16.1 Å². The molecule has 5 rings (SSSR count). The zero-order chi connectivity index (χ0) is 19.1. The molecule has 0 saturated carbocycles. The fourth-order valence-electron chi connectivity index (χ4n) is 3.66. The van der Waals surface area contributed by atoms with Crippen molar-refractivity contribution in [3.05, 3.63) is 47.3 Å². The summed E-state index contributed by atoms with van der Waals surface area (Å²) in [6.45, 7) is 2.09. The van der Waals surface area contributed by atoms with Crippen LogP contribution >= 0.6 is 11.3 Å². The van der Waals surface area contributed by atoms with Gasteiger partial charge in [0.15, 0.2) is 5.65 Å². The highest BCUT2D eigenvalue weighted by Gasteiger charge is 2.25. The number of carbonyl (C=O) groups excluding carboxylic acids is 1. The average molecular weight is 394 g/mol. The van der Waals surface area contributed by atoms with Gasteiger partial charge in [0, 0.05) is 41.7 Å². The van der Waals surface area contributed by atoms with Gasteiger partial charge in [0.1, 0.15) is 0 Å². The molecule has 4 aromatic heterocycles. The van der Waals surface area contributed by atoms with Gasteiger partial charge < -0.3 is 10.2 Å². The molecule has 1 unspecified atom stereocenters. The Hall–Kier alpha value is -3.04. The Balaban J connectivity index is 1.39. The number of nitrogens with zero attached hydrogens (tertiary/aromatic N) is 4. The third kappa shape index (κ3) is 3.08. The number of aromatic amines is 1. The zero-order valence-corrected chi connectivity index (χ0v) is 16.2. The van der Waals surface area contributed by atoms with Crippen molar-refractivity contribution >= 4 is 22.9 Å². The van der Waals surface area contributed by atoms with Gasteiger partial charge in [-0.3, -0.25) is 9.89 Å². The van der Waals surface area contributed by atoms with E-state index >= 15 is 0 Å². The van der Waals surface area contributed by atoms with E-state index in [0.717, 1.165) is 47.4 Å². The summed E-state index contributed by atoms with van der Waals surface area (Å²) in [5, 5.41) is 16.4. The molecule has 3 N–H and O–H groups in total. The molecule has 1 amide bonds. The molecule has 0 aliphatic carbocycles. The van der Waals surface area contributed by atoms with Crippen LogP contribution in [-0.2, 0) is 0 Å². The molecule has 1 aliphatic rings. The van der Waals surface area contributed by atoms with Gasteiger partial charge in [-0.05, 0) is 17.0 Å². The molecule has 0 aromatic carbocycles. The molecule has 142 valence electrons. The first-order chi connectivity index (χ1) is 13.7. The smallest absolute Gasteiger partial charge is 0.261 e. The van der Waals surface area contributed by atoms with Gasteiger partial charge in [-0.1, -0.05) is 0 Å². The highest BCUT2D eigenvalue weighted by Crippen LogP contribution is 2.29. The standard InChI is InChI=1S/C19H19N7OS/c1-25-3-2-15(10-25)24-19(27)17-4-12(11-28-17)16-8-23-26-9-14(5-20-18(16)26)13-6-21-22-7-13/h4-9,11,15H,2-3,10H2,1H3,(H,21,22)(H,24,27)/p+1/t15-/m0/s1. The largest absolute Gasteiger partial charge is 0.343 e. The van der Waals surface area contributed by atoms with Crippen LogP contribution in [0.3, 0.4) is 0 Å². The summed E-state index contributed by atoms with van der Waals surface area (Å²) in [6.07, 6.45) is 10.1. The van der Waals surface area contributed by atoms with E-state index in [1.807, 2.05) is 30.0 Å². The lowest BCUT2D eigenvalue weighted by Gasteiger charge is -2.09. The Morgan fingerprint density at radius 3 is 3.04 bits per heavy atom. The van der Waals surface area contributed by atoms with Gasteiger partial charge in [0.2, 0.25) is 0 Å². The van der Waals surface area contributed by atoms with Gasteiger partial charge in [-0.2, -0.15) is 10.2 Å². The number of hydrogen-bond acceptors (Lipinski definition) is 5. The minimum absolute atomic E-state index is 0.00243. The number of fused-ring (bicyclic) bond motifs is 1. The van der Waals surface area contributed by atoms with Crippen molar-refractivity contribution in [2.45, 2.75) is 12.5 Å². The van der Waals surface area contributed by atoms with Crippen molar-refractivity contribution in [1.29, 1.82) is 0 Å². The molecule has 1 aliphatic heterocycles. The maximum atomic E-state index is 12.6. The molecule has 5 heterocycles. The van der Waals surface area contributed by atoms with Crippen LogP contribution in [0.5, 0.6) is 0 Å². The fourth-order valence-corrected chi connectivity index (χ4v) is 4.47. The number of aromatic nitrogens is 5. The first kappa shape index (κ1) is 17.1.